The molecule has 158 valence electrons. The van der Waals surface area contributed by atoms with Crippen molar-refractivity contribution in [3.05, 3.63) is 71.3 Å². The van der Waals surface area contributed by atoms with Crippen molar-refractivity contribution in [3.8, 4) is 0 Å². The van der Waals surface area contributed by atoms with Crippen LogP contribution in [-0.2, 0) is 9.53 Å². The van der Waals surface area contributed by atoms with Crippen LogP contribution in [0.5, 0.6) is 0 Å². The molecule has 0 spiro atoms. The molecule has 0 bridgehead atoms. The van der Waals surface area contributed by atoms with Gasteiger partial charge in [0.15, 0.2) is 0 Å². The van der Waals surface area contributed by atoms with Gasteiger partial charge in [0.05, 0.1) is 18.6 Å². The number of carbonyl (C=O) groups is 3. The first-order valence-corrected chi connectivity index (χ1v) is 10.4. The topological polar surface area (TPSA) is 75.7 Å². The minimum Gasteiger partial charge on any atom is -0.465 e. The summed E-state index contributed by atoms with van der Waals surface area (Å²) < 4.78 is 4.71. The molecule has 1 aliphatic rings. The van der Waals surface area contributed by atoms with Crippen molar-refractivity contribution in [2.45, 2.75) is 38.1 Å². The Labute approximate surface area is 177 Å². The van der Waals surface area contributed by atoms with Crippen LogP contribution in [0.3, 0.4) is 0 Å². The van der Waals surface area contributed by atoms with E-state index in [1.165, 1.54) is 13.2 Å². The van der Waals surface area contributed by atoms with Gasteiger partial charge in [-0.1, -0.05) is 43.3 Å². The molecule has 2 amide bonds. The predicted octanol–water partition coefficient (Wildman–Crippen LogP) is 3.39. The lowest BCUT2D eigenvalue weighted by atomic mass is 9.93. The molecule has 1 fully saturated rings. The van der Waals surface area contributed by atoms with Gasteiger partial charge in [-0.2, -0.15) is 0 Å². The Morgan fingerprint density at radius 3 is 2.33 bits per heavy atom. The van der Waals surface area contributed by atoms with E-state index in [4.69, 9.17) is 4.74 Å². The second kappa shape index (κ2) is 10.1. The van der Waals surface area contributed by atoms with Gasteiger partial charge in [-0.25, -0.2) is 4.79 Å². The lowest BCUT2D eigenvalue weighted by molar-refractivity contribution is -0.134. The maximum absolute atomic E-state index is 13.0. The lowest BCUT2D eigenvalue weighted by Gasteiger charge is -2.34. The maximum atomic E-state index is 13.0. The van der Waals surface area contributed by atoms with Crippen LogP contribution >= 0.6 is 0 Å². The van der Waals surface area contributed by atoms with Crippen LogP contribution in [0.2, 0.25) is 0 Å². The van der Waals surface area contributed by atoms with Gasteiger partial charge < -0.3 is 15.0 Å². The summed E-state index contributed by atoms with van der Waals surface area (Å²) in [6, 6.07) is 16.4. The molecule has 0 aromatic heterocycles. The van der Waals surface area contributed by atoms with E-state index >= 15 is 0 Å². The first-order chi connectivity index (χ1) is 14.5. The molecule has 1 heterocycles. The molecule has 6 heteroatoms. The van der Waals surface area contributed by atoms with E-state index < -0.39 is 5.97 Å². The van der Waals surface area contributed by atoms with Crippen molar-refractivity contribution in [2.75, 3.05) is 20.2 Å². The molecule has 30 heavy (non-hydrogen) atoms. The molecule has 0 saturated carbocycles. The molecule has 1 aliphatic heterocycles. The van der Waals surface area contributed by atoms with Crippen molar-refractivity contribution in [1.29, 1.82) is 0 Å². The zero-order valence-electron chi connectivity index (χ0n) is 17.5. The molecule has 0 unspecified atom stereocenters. The quantitative estimate of drug-likeness (QED) is 0.744. The molecule has 3 rings (SSSR count). The number of esters is 1. The fourth-order valence-corrected chi connectivity index (χ4v) is 3.88. The number of hydrogen-bond donors (Lipinski definition) is 1. The van der Waals surface area contributed by atoms with E-state index in [2.05, 4.69) is 5.32 Å². The molecular weight excluding hydrogens is 380 g/mol. The number of nitrogens with one attached hydrogen (secondary N) is 1. The summed E-state index contributed by atoms with van der Waals surface area (Å²) in [7, 11) is 1.31. The smallest absolute Gasteiger partial charge is 0.337 e. The third-order valence-corrected chi connectivity index (χ3v) is 5.60. The minimum absolute atomic E-state index is 0.000125. The van der Waals surface area contributed by atoms with Gasteiger partial charge in [0.25, 0.3) is 5.91 Å². The summed E-state index contributed by atoms with van der Waals surface area (Å²) in [4.78, 5) is 39.2. The lowest BCUT2D eigenvalue weighted by Crippen LogP contribution is -2.47. The zero-order valence-corrected chi connectivity index (χ0v) is 17.5. The van der Waals surface area contributed by atoms with Crippen LogP contribution in [0.1, 0.15) is 58.4 Å². The number of hydrogen-bond acceptors (Lipinski definition) is 4. The Balaban J connectivity index is 1.56. The molecule has 0 radical (unpaired) electrons. The molecule has 2 aromatic carbocycles. The van der Waals surface area contributed by atoms with E-state index in [0.717, 1.165) is 12.0 Å². The molecule has 1 N–H and O–H groups in total. The second-order valence-corrected chi connectivity index (χ2v) is 7.52. The molecule has 0 aliphatic carbocycles. The van der Waals surface area contributed by atoms with Crippen LogP contribution < -0.4 is 5.32 Å². The van der Waals surface area contributed by atoms with E-state index in [0.29, 0.717) is 37.1 Å². The normalized spacial score (nSPS) is 15.3. The predicted molar refractivity (Wildman–Crippen MR) is 114 cm³/mol. The Hall–Kier alpha value is -3.15. The molecule has 1 atom stereocenters. The van der Waals surface area contributed by atoms with Crippen LogP contribution in [0.4, 0.5) is 0 Å². The van der Waals surface area contributed by atoms with Gasteiger partial charge in [0.1, 0.15) is 0 Å². The van der Waals surface area contributed by atoms with Gasteiger partial charge in [-0.3, -0.25) is 9.59 Å². The number of amides is 2. The molecule has 1 saturated heterocycles. The average molecular weight is 408 g/mol. The number of likely N-dealkylation sites (tertiary alicyclic amines) is 1. The second-order valence-electron chi connectivity index (χ2n) is 7.52. The minimum atomic E-state index is -0.472. The highest BCUT2D eigenvalue weighted by molar-refractivity contribution is 5.98. The first-order valence-electron chi connectivity index (χ1n) is 10.4. The number of benzene rings is 2. The number of nitrogens with zero attached hydrogens (tertiary/aromatic N) is 1. The summed E-state index contributed by atoms with van der Waals surface area (Å²) in [6.07, 6.45) is 2.18. The van der Waals surface area contributed by atoms with Crippen LogP contribution in [0.15, 0.2) is 54.6 Å². The van der Waals surface area contributed by atoms with Crippen molar-refractivity contribution >= 4 is 17.8 Å². The highest BCUT2D eigenvalue weighted by atomic mass is 16.5. The number of rotatable bonds is 6. The van der Waals surface area contributed by atoms with Crippen LogP contribution in [0.25, 0.3) is 0 Å². The number of methoxy groups -OCH3 is 1. The Kier molecular flexibility index (Phi) is 7.22. The number of carbonyl (C=O) groups excluding carboxylic acids is 3. The largest absolute Gasteiger partial charge is 0.465 e. The van der Waals surface area contributed by atoms with Gasteiger partial charge >= 0.3 is 5.97 Å². The van der Waals surface area contributed by atoms with E-state index in [9.17, 15) is 14.4 Å². The summed E-state index contributed by atoms with van der Waals surface area (Å²) in [6.45, 7) is 3.27. The fourth-order valence-electron chi connectivity index (χ4n) is 3.88. The van der Waals surface area contributed by atoms with Crippen molar-refractivity contribution < 1.29 is 19.1 Å². The standard InChI is InChI=1S/C24H28N2O4/c1-3-21(17-8-5-4-6-9-17)23(28)26-14-12-20(13-15-26)25-22(27)18-10-7-11-19(16-18)24(29)30-2/h4-11,16,20-21H,3,12-15H2,1-2H3,(H,25,27)/t21-/m1/s1. The van der Waals surface area contributed by atoms with Crippen LogP contribution in [0, 0.1) is 0 Å². The SMILES string of the molecule is CC[C@@H](C(=O)N1CCC(NC(=O)c2cccc(C(=O)OC)c2)CC1)c1ccccc1. The van der Waals surface area contributed by atoms with Gasteiger partial charge in [-0.15, -0.1) is 0 Å². The van der Waals surface area contributed by atoms with E-state index in [1.807, 2.05) is 42.2 Å². The fraction of sp³-hybridized carbons (Fsp3) is 0.375. The number of piperidine rings is 1. The van der Waals surface area contributed by atoms with E-state index in [-0.39, 0.29) is 23.8 Å². The molecule has 6 nitrogen and oxygen atoms in total. The summed E-state index contributed by atoms with van der Waals surface area (Å²) in [5, 5.41) is 3.02. The summed E-state index contributed by atoms with van der Waals surface area (Å²) in [5.41, 5.74) is 1.81. The molecule has 2 aromatic rings. The van der Waals surface area contributed by atoms with Crippen molar-refractivity contribution in [1.82, 2.24) is 10.2 Å². The summed E-state index contributed by atoms with van der Waals surface area (Å²) in [5.74, 6) is -0.667. The average Bonchev–Trinajstić information content (AvgIpc) is 2.80. The molecular formula is C24H28N2O4. The first kappa shape index (κ1) is 21.6. The Morgan fingerprint density at radius 1 is 1.03 bits per heavy atom. The van der Waals surface area contributed by atoms with Crippen molar-refractivity contribution in [2.24, 2.45) is 0 Å². The van der Waals surface area contributed by atoms with Crippen molar-refractivity contribution in [3.63, 3.8) is 0 Å². The monoisotopic (exact) mass is 408 g/mol. The van der Waals surface area contributed by atoms with Gasteiger partial charge in [-0.05, 0) is 43.0 Å². The van der Waals surface area contributed by atoms with Gasteiger partial charge in [0, 0.05) is 24.7 Å². The van der Waals surface area contributed by atoms with Crippen LogP contribution in [-0.4, -0.2) is 48.9 Å². The Bertz CT molecular complexity index is 889. The third-order valence-electron chi connectivity index (χ3n) is 5.60. The highest BCUT2D eigenvalue weighted by Crippen LogP contribution is 2.24. The third kappa shape index (κ3) is 5.06. The Morgan fingerprint density at radius 2 is 1.70 bits per heavy atom. The maximum Gasteiger partial charge on any atom is 0.337 e. The van der Waals surface area contributed by atoms with Gasteiger partial charge in [0.2, 0.25) is 5.91 Å². The number of ether oxygens (including phenoxy) is 1. The highest BCUT2D eigenvalue weighted by Gasteiger charge is 2.29. The van der Waals surface area contributed by atoms with E-state index in [1.54, 1.807) is 18.2 Å². The zero-order chi connectivity index (χ0) is 21.5. The summed E-state index contributed by atoms with van der Waals surface area (Å²) >= 11 is 0.